The molecular weight excluding hydrogens is 355 g/mol. The third-order valence-corrected chi connectivity index (χ3v) is 4.84. The molecule has 138 valence electrons. The molecule has 2 amide bonds. The third-order valence-electron chi connectivity index (χ3n) is 3.83. The van der Waals surface area contributed by atoms with Crippen molar-refractivity contribution in [2.24, 2.45) is 0 Å². The third kappa shape index (κ3) is 5.37. The second-order valence-electron chi connectivity index (χ2n) is 5.76. The van der Waals surface area contributed by atoms with Crippen LogP contribution in [0.25, 0.3) is 0 Å². The van der Waals surface area contributed by atoms with E-state index in [1.807, 2.05) is 30.3 Å². The van der Waals surface area contributed by atoms with Crippen molar-refractivity contribution in [3.8, 4) is 5.75 Å². The summed E-state index contributed by atoms with van der Waals surface area (Å²) >= 11 is 1.69. The van der Waals surface area contributed by atoms with Crippen molar-refractivity contribution in [3.63, 3.8) is 0 Å². The van der Waals surface area contributed by atoms with E-state index in [1.54, 1.807) is 11.8 Å². The lowest BCUT2D eigenvalue weighted by molar-refractivity contribution is -0.0172. The van der Waals surface area contributed by atoms with Crippen LogP contribution in [0.2, 0.25) is 0 Å². The number of urea groups is 1. The minimum atomic E-state index is -0.324. The van der Waals surface area contributed by atoms with E-state index in [2.05, 4.69) is 10.6 Å². The lowest BCUT2D eigenvalue weighted by atomic mass is 10.1. The van der Waals surface area contributed by atoms with Gasteiger partial charge in [-0.3, -0.25) is 0 Å². The van der Waals surface area contributed by atoms with E-state index in [1.165, 1.54) is 17.0 Å². The van der Waals surface area contributed by atoms with Crippen LogP contribution in [0.4, 0.5) is 9.18 Å². The van der Waals surface area contributed by atoms with Gasteiger partial charge in [0.25, 0.3) is 0 Å². The van der Waals surface area contributed by atoms with E-state index in [0.29, 0.717) is 37.4 Å². The van der Waals surface area contributed by atoms with Crippen molar-refractivity contribution in [1.29, 1.82) is 0 Å². The van der Waals surface area contributed by atoms with Crippen LogP contribution >= 0.6 is 11.8 Å². The minimum Gasteiger partial charge on any atom is -0.467 e. The number of halogens is 1. The quantitative estimate of drug-likeness (QED) is 0.575. The summed E-state index contributed by atoms with van der Waals surface area (Å²) in [7, 11) is 0. The second-order valence-corrected chi connectivity index (χ2v) is 6.93. The van der Waals surface area contributed by atoms with Gasteiger partial charge in [0.1, 0.15) is 11.6 Å². The summed E-state index contributed by atoms with van der Waals surface area (Å²) in [6, 6.07) is 12.7. The van der Waals surface area contributed by atoms with Gasteiger partial charge in [-0.15, -0.1) is 11.8 Å². The number of hydrogen-bond donors (Lipinski definition) is 2. The molecule has 0 radical (unpaired) electrons. The molecule has 3 rings (SSSR count). The average molecular weight is 376 g/mol. The largest absolute Gasteiger partial charge is 0.467 e. The second kappa shape index (κ2) is 9.45. The van der Waals surface area contributed by atoms with Crippen molar-refractivity contribution in [2.45, 2.75) is 17.9 Å². The molecular formula is C19H21FN2O3S. The highest BCUT2D eigenvalue weighted by Crippen LogP contribution is 2.29. The molecule has 0 bridgehead atoms. The van der Waals surface area contributed by atoms with E-state index < -0.39 is 0 Å². The number of carbonyl (C=O) groups is 1. The summed E-state index contributed by atoms with van der Waals surface area (Å²) in [5.74, 6) is 1.14. The first-order valence-corrected chi connectivity index (χ1v) is 9.42. The summed E-state index contributed by atoms with van der Waals surface area (Å²) in [6.45, 7) is 1.48. The molecule has 2 aromatic rings. The Balaban J connectivity index is 1.38. The highest BCUT2D eigenvalue weighted by molar-refractivity contribution is 7.99. The zero-order valence-corrected chi connectivity index (χ0v) is 15.1. The Morgan fingerprint density at radius 2 is 1.96 bits per heavy atom. The molecule has 5 nitrogen and oxygen atoms in total. The Bertz CT molecular complexity index is 743. The summed E-state index contributed by atoms with van der Waals surface area (Å²) < 4.78 is 24.3. The first kappa shape index (κ1) is 18.5. The normalized spacial score (nSPS) is 12.8. The van der Waals surface area contributed by atoms with Crippen molar-refractivity contribution < 1.29 is 18.7 Å². The molecule has 0 aromatic heterocycles. The lowest BCUT2D eigenvalue weighted by Crippen LogP contribution is -2.37. The number of carbonyl (C=O) groups excluding carboxylic acids is 1. The number of rotatable bonds is 7. The van der Waals surface area contributed by atoms with Gasteiger partial charge in [0.2, 0.25) is 0 Å². The van der Waals surface area contributed by atoms with Crippen LogP contribution in [-0.4, -0.2) is 31.7 Å². The van der Waals surface area contributed by atoms with Crippen LogP contribution in [0.1, 0.15) is 11.1 Å². The topological polar surface area (TPSA) is 59.6 Å². The zero-order valence-electron chi connectivity index (χ0n) is 14.3. The van der Waals surface area contributed by atoms with Gasteiger partial charge < -0.3 is 20.1 Å². The molecule has 0 atom stereocenters. The fourth-order valence-corrected chi connectivity index (χ4v) is 3.46. The first-order chi connectivity index (χ1) is 12.7. The molecule has 1 aliphatic rings. The van der Waals surface area contributed by atoms with Crippen LogP contribution in [0, 0.1) is 5.82 Å². The van der Waals surface area contributed by atoms with Crippen LogP contribution in [0.5, 0.6) is 5.75 Å². The molecule has 2 aromatic carbocycles. The molecule has 1 aliphatic heterocycles. The molecule has 0 unspecified atom stereocenters. The van der Waals surface area contributed by atoms with Crippen molar-refractivity contribution in [1.82, 2.24) is 10.6 Å². The van der Waals surface area contributed by atoms with Crippen LogP contribution in [-0.2, 0) is 17.8 Å². The smallest absolute Gasteiger partial charge is 0.314 e. The van der Waals surface area contributed by atoms with Crippen molar-refractivity contribution in [2.75, 3.05) is 25.6 Å². The van der Waals surface area contributed by atoms with Crippen molar-refractivity contribution in [3.05, 3.63) is 59.4 Å². The summed E-state index contributed by atoms with van der Waals surface area (Å²) in [5, 5.41) is 5.60. The maximum Gasteiger partial charge on any atom is 0.314 e. The summed E-state index contributed by atoms with van der Waals surface area (Å²) in [5.41, 5.74) is 1.44. The number of amides is 2. The summed E-state index contributed by atoms with van der Waals surface area (Å²) in [4.78, 5) is 13.0. The minimum absolute atomic E-state index is 0.165. The number of fused-ring (bicyclic) bond motifs is 1. The van der Waals surface area contributed by atoms with Gasteiger partial charge in [-0.1, -0.05) is 18.2 Å². The van der Waals surface area contributed by atoms with Gasteiger partial charge in [0, 0.05) is 29.3 Å². The van der Waals surface area contributed by atoms with Crippen LogP contribution < -0.4 is 15.4 Å². The number of benzene rings is 2. The molecule has 0 aliphatic carbocycles. The molecule has 0 fully saturated rings. The van der Waals surface area contributed by atoms with E-state index >= 15 is 0 Å². The molecule has 0 spiro atoms. The van der Waals surface area contributed by atoms with E-state index in [9.17, 15) is 9.18 Å². The Morgan fingerprint density at radius 3 is 2.81 bits per heavy atom. The average Bonchev–Trinajstić information content (AvgIpc) is 2.66. The maximum absolute atomic E-state index is 13.7. The zero-order chi connectivity index (χ0) is 18.2. The van der Waals surface area contributed by atoms with Gasteiger partial charge in [-0.05, 0) is 36.2 Å². The van der Waals surface area contributed by atoms with E-state index in [4.69, 9.17) is 9.47 Å². The van der Waals surface area contributed by atoms with Gasteiger partial charge in [-0.25, -0.2) is 9.18 Å². The molecule has 0 saturated carbocycles. The summed E-state index contributed by atoms with van der Waals surface area (Å²) in [6.07, 6.45) is 0.492. The Kier molecular flexibility index (Phi) is 6.74. The van der Waals surface area contributed by atoms with Gasteiger partial charge in [-0.2, -0.15) is 0 Å². The Labute approximate surface area is 156 Å². The highest BCUT2D eigenvalue weighted by Gasteiger charge is 2.16. The Morgan fingerprint density at radius 1 is 1.15 bits per heavy atom. The SMILES string of the molecule is O=C(NCCSc1ccccc1)NCCc1cc(F)cc2c1OCOC2. The van der Waals surface area contributed by atoms with E-state index in [0.717, 1.165) is 11.3 Å². The van der Waals surface area contributed by atoms with Crippen LogP contribution in [0.3, 0.4) is 0 Å². The number of ether oxygens (including phenoxy) is 2. The maximum atomic E-state index is 13.7. The van der Waals surface area contributed by atoms with Gasteiger partial charge in [0.15, 0.2) is 6.79 Å². The molecule has 7 heteroatoms. The monoisotopic (exact) mass is 376 g/mol. The first-order valence-electron chi connectivity index (χ1n) is 8.44. The Hall–Kier alpha value is -2.25. The predicted molar refractivity (Wildman–Crippen MR) is 99.0 cm³/mol. The number of hydrogen-bond acceptors (Lipinski definition) is 4. The van der Waals surface area contributed by atoms with E-state index in [-0.39, 0.29) is 18.6 Å². The number of nitrogens with one attached hydrogen (secondary N) is 2. The molecule has 2 N–H and O–H groups in total. The lowest BCUT2D eigenvalue weighted by Gasteiger charge is -2.21. The van der Waals surface area contributed by atoms with Gasteiger partial charge >= 0.3 is 6.03 Å². The fourth-order valence-electron chi connectivity index (χ4n) is 2.67. The highest BCUT2D eigenvalue weighted by atomic mass is 32.2. The van der Waals surface area contributed by atoms with Crippen LogP contribution in [0.15, 0.2) is 47.4 Å². The molecule has 0 saturated heterocycles. The van der Waals surface area contributed by atoms with Gasteiger partial charge in [0.05, 0.1) is 6.61 Å². The number of thioether (sulfide) groups is 1. The predicted octanol–water partition coefficient (Wildman–Crippen LogP) is 3.33. The standard InChI is InChI=1S/C19H21FN2O3S/c20-16-10-14(18-15(11-16)12-24-13-25-18)6-7-21-19(23)22-8-9-26-17-4-2-1-3-5-17/h1-5,10-11H,6-9,12-13H2,(H2,21,22,23). The molecule has 1 heterocycles. The van der Waals surface area contributed by atoms with Crippen molar-refractivity contribution >= 4 is 17.8 Å². The molecule has 26 heavy (non-hydrogen) atoms. The fraction of sp³-hybridized carbons (Fsp3) is 0.316.